The highest BCUT2D eigenvalue weighted by Crippen LogP contribution is 2.13. The first-order valence-electron chi connectivity index (χ1n) is 7.04. The van der Waals surface area contributed by atoms with Gasteiger partial charge in [0, 0.05) is 19.2 Å². The molecule has 4 nitrogen and oxygen atoms in total. The van der Waals surface area contributed by atoms with Gasteiger partial charge < -0.3 is 10.0 Å². The molecule has 0 saturated heterocycles. The lowest BCUT2D eigenvalue weighted by Crippen LogP contribution is -2.29. The van der Waals surface area contributed by atoms with E-state index in [-0.39, 0.29) is 13.1 Å². The molecule has 2 aromatic carbocycles. The Labute approximate surface area is 137 Å². The van der Waals surface area contributed by atoms with Gasteiger partial charge in [0.15, 0.2) is 5.76 Å². The van der Waals surface area contributed by atoms with Gasteiger partial charge in [-0.3, -0.25) is 9.59 Å². The Morgan fingerprint density at radius 2 is 1.38 bits per heavy atom. The van der Waals surface area contributed by atoms with E-state index in [0.717, 1.165) is 6.08 Å². The van der Waals surface area contributed by atoms with E-state index in [1.54, 1.807) is 0 Å². The van der Waals surface area contributed by atoms with Gasteiger partial charge in [0.25, 0.3) is 12.2 Å². The summed E-state index contributed by atoms with van der Waals surface area (Å²) in [7, 11) is 0. The first-order chi connectivity index (χ1) is 11.5. The van der Waals surface area contributed by atoms with Crippen LogP contribution in [0.3, 0.4) is 0 Å². The van der Waals surface area contributed by atoms with E-state index in [0.29, 0.717) is 11.1 Å². The molecule has 123 valence electrons. The minimum atomic E-state index is -0.816. The average molecular weight is 330 g/mol. The van der Waals surface area contributed by atoms with E-state index in [2.05, 4.69) is 0 Å². The van der Waals surface area contributed by atoms with Crippen molar-refractivity contribution in [2.45, 2.75) is 13.1 Å². The molecule has 24 heavy (non-hydrogen) atoms. The maximum atomic E-state index is 13.0. The van der Waals surface area contributed by atoms with E-state index in [4.69, 9.17) is 0 Å². The van der Waals surface area contributed by atoms with E-state index in [1.165, 1.54) is 59.7 Å². The van der Waals surface area contributed by atoms with Gasteiger partial charge in [-0.2, -0.15) is 0 Å². The molecule has 0 atom stereocenters. The Hall–Kier alpha value is -3.02. The van der Waals surface area contributed by atoms with Crippen LogP contribution in [0.25, 0.3) is 0 Å². The number of halogens is 2. The van der Waals surface area contributed by atoms with Crippen molar-refractivity contribution in [1.82, 2.24) is 4.90 Å². The second-order valence-corrected chi connectivity index (χ2v) is 5.08. The fourth-order valence-electron chi connectivity index (χ4n) is 2.07. The molecule has 0 unspecified atom stereocenters. The number of carbonyl (C=O) groups excluding carboxylic acids is 2. The SMILES string of the molecule is O=[C]C(O)=CC(=O)N(Cc1ccc(F)cc1)Cc1ccc(F)cc1. The monoisotopic (exact) mass is 330 g/mol. The highest BCUT2D eigenvalue weighted by atomic mass is 19.1. The Kier molecular flexibility index (Phi) is 5.78. The summed E-state index contributed by atoms with van der Waals surface area (Å²) < 4.78 is 26.0. The number of hydrogen-bond donors (Lipinski definition) is 1. The molecule has 0 spiro atoms. The summed E-state index contributed by atoms with van der Waals surface area (Å²) in [5, 5.41) is 9.17. The Morgan fingerprint density at radius 3 is 1.75 bits per heavy atom. The summed E-state index contributed by atoms with van der Waals surface area (Å²) in [6, 6.07) is 11.2. The third-order valence-corrected chi connectivity index (χ3v) is 3.25. The number of hydrogen-bond acceptors (Lipinski definition) is 3. The van der Waals surface area contributed by atoms with Gasteiger partial charge in [0.1, 0.15) is 11.6 Å². The van der Waals surface area contributed by atoms with E-state index < -0.39 is 23.3 Å². The summed E-state index contributed by atoms with van der Waals surface area (Å²) in [6.45, 7) is 0.248. The molecule has 2 rings (SSSR count). The van der Waals surface area contributed by atoms with E-state index in [1.807, 2.05) is 0 Å². The molecule has 6 heteroatoms. The van der Waals surface area contributed by atoms with Crippen molar-refractivity contribution in [3.8, 4) is 0 Å². The highest BCUT2D eigenvalue weighted by Gasteiger charge is 2.14. The van der Waals surface area contributed by atoms with E-state index in [9.17, 15) is 23.5 Å². The second-order valence-electron chi connectivity index (χ2n) is 5.08. The predicted molar refractivity (Wildman–Crippen MR) is 83.5 cm³/mol. The van der Waals surface area contributed by atoms with Crippen molar-refractivity contribution in [2.24, 2.45) is 0 Å². The largest absolute Gasteiger partial charge is 0.504 e. The van der Waals surface area contributed by atoms with Gasteiger partial charge in [0.05, 0.1) is 0 Å². The van der Waals surface area contributed by atoms with Crippen LogP contribution in [0.4, 0.5) is 8.78 Å². The Balaban J connectivity index is 2.22. The second kappa shape index (κ2) is 8.01. The van der Waals surface area contributed by atoms with Crippen molar-refractivity contribution in [2.75, 3.05) is 0 Å². The number of amides is 1. The fraction of sp³-hybridized carbons (Fsp3) is 0.111. The lowest BCUT2D eigenvalue weighted by Gasteiger charge is -2.21. The summed E-state index contributed by atoms with van der Waals surface area (Å²) in [6.07, 6.45) is 1.96. The lowest BCUT2D eigenvalue weighted by molar-refractivity contribution is -0.127. The molecule has 2 aromatic rings. The van der Waals surface area contributed by atoms with E-state index >= 15 is 0 Å². The molecule has 1 amide bonds. The number of aliphatic hydroxyl groups is 1. The smallest absolute Gasteiger partial charge is 0.271 e. The molecule has 0 aromatic heterocycles. The molecule has 0 aliphatic rings. The summed E-state index contributed by atoms with van der Waals surface area (Å²) >= 11 is 0. The van der Waals surface area contributed by atoms with Gasteiger partial charge in [-0.15, -0.1) is 0 Å². The fourth-order valence-corrected chi connectivity index (χ4v) is 2.07. The molecule has 1 N–H and O–H groups in total. The third-order valence-electron chi connectivity index (χ3n) is 3.25. The van der Waals surface area contributed by atoms with Crippen LogP contribution >= 0.6 is 0 Å². The lowest BCUT2D eigenvalue weighted by atomic mass is 10.1. The standard InChI is InChI=1S/C18H14F2NO3/c19-15-5-1-13(2-6-15)10-21(18(24)9-17(23)12-22)11-14-3-7-16(20)8-4-14/h1-9,23H,10-11H2. The number of carbonyl (C=O) groups is 1. The first kappa shape index (κ1) is 17.3. The van der Waals surface area contributed by atoms with Crippen LogP contribution in [0, 0.1) is 11.6 Å². The molecule has 0 aliphatic heterocycles. The topological polar surface area (TPSA) is 57.6 Å². The molecule has 1 radical (unpaired) electrons. The highest BCUT2D eigenvalue weighted by molar-refractivity contribution is 5.92. The van der Waals surface area contributed by atoms with Crippen LogP contribution < -0.4 is 0 Å². The van der Waals surface area contributed by atoms with Crippen molar-refractivity contribution in [1.29, 1.82) is 0 Å². The van der Waals surface area contributed by atoms with Gasteiger partial charge in [-0.1, -0.05) is 24.3 Å². The summed E-state index contributed by atoms with van der Waals surface area (Å²) in [4.78, 5) is 23.9. The maximum Gasteiger partial charge on any atom is 0.271 e. The normalized spacial score (nSPS) is 11.2. The van der Waals surface area contributed by atoms with Crippen LogP contribution in [0.1, 0.15) is 11.1 Å². The van der Waals surface area contributed by atoms with Crippen LogP contribution in [-0.4, -0.2) is 22.2 Å². The number of rotatable bonds is 6. The van der Waals surface area contributed by atoms with Crippen LogP contribution in [0.2, 0.25) is 0 Å². The van der Waals surface area contributed by atoms with Crippen LogP contribution in [-0.2, 0) is 22.7 Å². The summed E-state index contributed by atoms with van der Waals surface area (Å²) in [5.41, 5.74) is 1.32. The molecule has 0 aliphatic carbocycles. The van der Waals surface area contributed by atoms with Crippen molar-refractivity contribution in [3.63, 3.8) is 0 Å². The van der Waals surface area contributed by atoms with Crippen molar-refractivity contribution >= 4 is 12.2 Å². The minimum Gasteiger partial charge on any atom is -0.504 e. The molecule has 0 heterocycles. The average Bonchev–Trinajstić information content (AvgIpc) is 2.58. The molecule has 0 saturated carbocycles. The maximum absolute atomic E-state index is 13.0. The number of allylic oxidation sites excluding steroid dienone is 1. The van der Waals surface area contributed by atoms with Gasteiger partial charge >= 0.3 is 0 Å². The van der Waals surface area contributed by atoms with Gasteiger partial charge in [-0.05, 0) is 35.4 Å². The van der Waals surface area contributed by atoms with Crippen LogP contribution in [0.5, 0.6) is 0 Å². The van der Waals surface area contributed by atoms with Gasteiger partial charge in [-0.25, -0.2) is 8.78 Å². The molecule has 0 bridgehead atoms. The number of nitrogens with zero attached hydrogens (tertiary/aromatic N) is 1. The third kappa shape index (κ3) is 5.01. The molecular formula is C18H14F2NO3. The minimum absolute atomic E-state index is 0.124. The zero-order valence-electron chi connectivity index (χ0n) is 12.6. The van der Waals surface area contributed by atoms with Crippen molar-refractivity contribution < 1.29 is 23.5 Å². The zero-order valence-corrected chi connectivity index (χ0v) is 12.6. The predicted octanol–water partition coefficient (Wildman–Crippen LogP) is 3.05. The van der Waals surface area contributed by atoms with Crippen molar-refractivity contribution in [3.05, 3.63) is 83.1 Å². The summed E-state index contributed by atoms with van der Waals surface area (Å²) in [5.74, 6) is -2.24. The molecule has 0 fully saturated rings. The zero-order chi connectivity index (χ0) is 17.5. The first-order valence-corrected chi connectivity index (χ1v) is 7.04. The van der Waals surface area contributed by atoms with Crippen LogP contribution in [0.15, 0.2) is 60.4 Å². The number of aliphatic hydroxyl groups excluding tert-OH is 1. The number of benzene rings is 2. The Morgan fingerprint density at radius 1 is 0.958 bits per heavy atom. The Bertz CT molecular complexity index is 692. The quantitative estimate of drug-likeness (QED) is 0.654. The van der Waals surface area contributed by atoms with Gasteiger partial charge in [0.2, 0.25) is 0 Å². The molecular weight excluding hydrogens is 316 g/mol.